The molecule has 2 rings (SSSR count). The first-order chi connectivity index (χ1) is 8.61. The molecule has 1 saturated carbocycles. The zero-order valence-corrected chi connectivity index (χ0v) is 10.5. The van der Waals surface area contributed by atoms with E-state index < -0.39 is 5.97 Å². The number of hydrogen-bond donors (Lipinski definition) is 1. The van der Waals surface area contributed by atoms with Crippen molar-refractivity contribution in [2.75, 3.05) is 26.3 Å². The van der Waals surface area contributed by atoms with Crippen LogP contribution < -0.4 is 0 Å². The maximum Gasteiger partial charge on any atom is 0.306 e. The van der Waals surface area contributed by atoms with Crippen molar-refractivity contribution >= 4 is 11.9 Å². The van der Waals surface area contributed by atoms with Crippen LogP contribution in [-0.2, 0) is 19.1 Å². The van der Waals surface area contributed by atoms with Gasteiger partial charge in [-0.05, 0) is 13.3 Å². The minimum Gasteiger partial charge on any atom is -0.481 e. The van der Waals surface area contributed by atoms with Gasteiger partial charge >= 0.3 is 5.97 Å². The van der Waals surface area contributed by atoms with Crippen molar-refractivity contribution in [3.8, 4) is 0 Å². The first-order valence-corrected chi connectivity index (χ1v) is 6.35. The minimum atomic E-state index is -0.895. The fraction of sp³-hybridized carbons (Fsp3) is 0.833. The summed E-state index contributed by atoms with van der Waals surface area (Å²) in [6, 6.07) is 0. The van der Waals surface area contributed by atoms with Crippen molar-refractivity contribution in [2.24, 2.45) is 5.92 Å². The Morgan fingerprint density at radius 1 is 1.50 bits per heavy atom. The Morgan fingerprint density at radius 3 is 2.94 bits per heavy atom. The topological polar surface area (TPSA) is 76.1 Å². The van der Waals surface area contributed by atoms with Crippen LogP contribution in [0.3, 0.4) is 0 Å². The molecule has 0 radical (unpaired) electrons. The Morgan fingerprint density at radius 2 is 2.28 bits per heavy atom. The van der Waals surface area contributed by atoms with Crippen LogP contribution in [0.1, 0.15) is 19.8 Å². The van der Waals surface area contributed by atoms with Gasteiger partial charge in [0.05, 0.1) is 31.2 Å². The Kier molecular flexibility index (Phi) is 4.19. The van der Waals surface area contributed by atoms with Gasteiger partial charge in [0.2, 0.25) is 5.91 Å². The molecule has 6 nitrogen and oxygen atoms in total. The van der Waals surface area contributed by atoms with Gasteiger partial charge in [-0.25, -0.2) is 0 Å². The first-order valence-electron chi connectivity index (χ1n) is 6.35. The van der Waals surface area contributed by atoms with Crippen LogP contribution in [0.15, 0.2) is 0 Å². The van der Waals surface area contributed by atoms with Crippen LogP contribution in [0, 0.1) is 5.92 Å². The van der Waals surface area contributed by atoms with E-state index >= 15 is 0 Å². The molecule has 6 heteroatoms. The number of aliphatic carboxylic acids is 1. The quantitative estimate of drug-likeness (QED) is 0.756. The van der Waals surface area contributed by atoms with Crippen LogP contribution in [0.25, 0.3) is 0 Å². The lowest BCUT2D eigenvalue weighted by atomic mass is 10.2. The molecule has 1 aliphatic carbocycles. The Balaban J connectivity index is 1.82. The maximum absolute atomic E-state index is 12.1. The van der Waals surface area contributed by atoms with Gasteiger partial charge < -0.3 is 19.5 Å². The van der Waals surface area contributed by atoms with Crippen LogP contribution in [0.4, 0.5) is 0 Å². The highest BCUT2D eigenvalue weighted by Crippen LogP contribution is 2.35. The van der Waals surface area contributed by atoms with E-state index in [-0.39, 0.29) is 30.5 Å². The summed E-state index contributed by atoms with van der Waals surface area (Å²) in [7, 11) is 0. The van der Waals surface area contributed by atoms with Crippen molar-refractivity contribution in [1.82, 2.24) is 4.90 Å². The van der Waals surface area contributed by atoms with Gasteiger partial charge in [0.25, 0.3) is 0 Å². The second-order valence-electron chi connectivity index (χ2n) is 4.71. The molecule has 0 aromatic carbocycles. The fourth-order valence-electron chi connectivity index (χ4n) is 2.30. The molecule has 18 heavy (non-hydrogen) atoms. The molecule has 2 aliphatic rings. The van der Waals surface area contributed by atoms with Crippen LogP contribution in [0.2, 0.25) is 0 Å². The summed E-state index contributed by atoms with van der Waals surface area (Å²) < 4.78 is 10.7. The fourth-order valence-corrected chi connectivity index (χ4v) is 2.30. The van der Waals surface area contributed by atoms with Gasteiger partial charge in [0.1, 0.15) is 0 Å². The molecule has 0 aromatic rings. The molecule has 0 bridgehead atoms. The average molecular weight is 257 g/mol. The monoisotopic (exact) mass is 257 g/mol. The van der Waals surface area contributed by atoms with Crippen molar-refractivity contribution < 1.29 is 24.2 Å². The summed E-state index contributed by atoms with van der Waals surface area (Å²) in [6.45, 7) is 3.87. The number of carbonyl (C=O) groups is 2. The number of morpholine rings is 1. The molecule has 1 amide bonds. The summed E-state index contributed by atoms with van der Waals surface area (Å²) in [6.07, 6.45) is 0.407. The highest BCUT2D eigenvalue weighted by atomic mass is 16.5. The molecule has 2 fully saturated rings. The van der Waals surface area contributed by atoms with Crippen LogP contribution >= 0.6 is 0 Å². The summed E-state index contributed by atoms with van der Waals surface area (Å²) >= 11 is 0. The second-order valence-corrected chi connectivity index (χ2v) is 4.71. The minimum absolute atomic E-state index is 0.0338. The van der Waals surface area contributed by atoms with Gasteiger partial charge in [0, 0.05) is 19.7 Å². The van der Waals surface area contributed by atoms with Gasteiger partial charge in [-0.2, -0.15) is 0 Å². The summed E-state index contributed by atoms with van der Waals surface area (Å²) in [4.78, 5) is 24.5. The number of carboxylic acid groups (broad SMARTS) is 1. The lowest BCUT2D eigenvalue weighted by Gasteiger charge is -2.32. The number of rotatable bonds is 5. The normalized spacial score (nSPS) is 31.2. The summed E-state index contributed by atoms with van der Waals surface area (Å²) in [5.41, 5.74) is 0. The van der Waals surface area contributed by atoms with E-state index in [0.29, 0.717) is 26.3 Å². The molecule has 1 N–H and O–H groups in total. The SMILES string of the molecule is CCO[C@@H]1C[C@H]1C(=O)N1CCO[C@@H](CC(=O)O)C1. The Labute approximate surface area is 106 Å². The smallest absolute Gasteiger partial charge is 0.306 e. The van der Waals surface area contributed by atoms with Gasteiger partial charge in [-0.15, -0.1) is 0 Å². The number of nitrogens with zero attached hydrogens (tertiary/aromatic N) is 1. The molecule has 1 heterocycles. The highest BCUT2D eigenvalue weighted by Gasteiger charge is 2.46. The molecule has 0 aromatic heterocycles. The van der Waals surface area contributed by atoms with Gasteiger partial charge in [-0.1, -0.05) is 0 Å². The number of ether oxygens (including phenoxy) is 2. The molecule has 1 aliphatic heterocycles. The summed E-state index contributed by atoms with van der Waals surface area (Å²) in [5.74, 6) is -0.853. The summed E-state index contributed by atoms with van der Waals surface area (Å²) in [5, 5.41) is 8.72. The van der Waals surface area contributed by atoms with E-state index in [1.165, 1.54) is 0 Å². The van der Waals surface area contributed by atoms with Crippen molar-refractivity contribution in [3.63, 3.8) is 0 Å². The van der Waals surface area contributed by atoms with E-state index in [1.807, 2.05) is 6.92 Å². The van der Waals surface area contributed by atoms with Crippen molar-refractivity contribution in [3.05, 3.63) is 0 Å². The van der Waals surface area contributed by atoms with Crippen molar-refractivity contribution in [1.29, 1.82) is 0 Å². The maximum atomic E-state index is 12.1. The predicted molar refractivity (Wildman–Crippen MR) is 62.1 cm³/mol. The van der Waals surface area contributed by atoms with E-state index in [4.69, 9.17) is 14.6 Å². The molecule has 0 unspecified atom stereocenters. The number of carbonyl (C=O) groups excluding carboxylic acids is 1. The van der Waals surface area contributed by atoms with Crippen molar-refractivity contribution in [2.45, 2.75) is 32.0 Å². The Bertz CT molecular complexity index is 332. The third-order valence-corrected chi connectivity index (χ3v) is 3.28. The molecule has 1 saturated heterocycles. The third kappa shape index (κ3) is 3.20. The van der Waals surface area contributed by atoms with Gasteiger partial charge in [-0.3, -0.25) is 9.59 Å². The molecular formula is C12H19NO5. The number of hydrogen-bond acceptors (Lipinski definition) is 4. The lowest BCUT2D eigenvalue weighted by molar-refractivity contribution is -0.148. The predicted octanol–water partition coefficient (Wildman–Crippen LogP) is 0.114. The van der Waals surface area contributed by atoms with E-state index in [0.717, 1.165) is 6.42 Å². The third-order valence-electron chi connectivity index (χ3n) is 3.28. The first kappa shape index (κ1) is 13.3. The largest absolute Gasteiger partial charge is 0.481 e. The average Bonchev–Trinajstić information content (AvgIpc) is 3.07. The number of carboxylic acids is 1. The standard InChI is InChI=1S/C12H19NO5/c1-2-17-10-6-9(10)12(16)13-3-4-18-8(7-13)5-11(14)15/h8-10H,2-7H2,1H3,(H,14,15)/t8-,9+,10+/m0/s1. The van der Waals surface area contributed by atoms with Gasteiger partial charge in [0.15, 0.2) is 0 Å². The van der Waals surface area contributed by atoms with E-state index in [9.17, 15) is 9.59 Å². The Hall–Kier alpha value is -1.14. The second kappa shape index (κ2) is 5.67. The van der Waals surface area contributed by atoms with Crippen LogP contribution in [0.5, 0.6) is 0 Å². The number of amides is 1. The molecular weight excluding hydrogens is 238 g/mol. The highest BCUT2D eigenvalue weighted by molar-refractivity contribution is 5.82. The zero-order valence-electron chi connectivity index (χ0n) is 10.5. The lowest BCUT2D eigenvalue weighted by Crippen LogP contribution is -2.47. The zero-order chi connectivity index (χ0) is 13.1. The molecule has 0 spiro atoms. The molecule has 102 valence electrons. The molecule has 3 atom stereocenters. The van der Waals surface area contributed by atoms with E-state index in [1.54, 1.807) is 4.90 Å². The van der Waals surface area contributed by atoms with E-state index in [2.05, 4.69) is 0 Å². The van der Waals surface area contributed by atoms with Crippen LogP contribution in [-0.4, -0.2) is 60.4 Å².